The number of rotatable bonds is 5. The molecule has 5 nitrogen and oxygen atoms in total. The van der Waals surface area contributed by atoms with E-state index < -0.39 is 0 Å². The van der Waals surface area contributed by atoms with E-state index in [-0.39, 0.29) is 5.91 Å². The molecule has 146 valence electrons. The first-order valence-electron chi connectivity index (χ1n) is 9.76. The molecule has 2 heterocycles. The van der Waals surface area contributed by atoms with Crippen molar-refractivity contribution in [2.24, 2.45) is 0 Å². The van der Waals surface area contributed by atoms with Gasteiger partial charge in [0.05, 0.1) is 18.3 Å². The number of piperazine rings is 1. The second-order valence-electron chi connectivity index (χ2n) is 7.41. The molecular formula is C22H25ClN4O. The predicted octanol–water partition coefficient (Wildman–Crippen LogP) is 3.73. The Labute approximate surface area is 170 Å². The van der Waals surface area contributed by atoms with Crippen molar-refractivity contribution < 1.29 is 4.79 Å². The van der Waals surface area contributed by atoms with Gasteiger partial charge in [0.2, 0.25) is 5.91 Å². The molecule has 1 aliphatic heterocycles. The minimum absolute atomic E-state index is 0.211. The van der Waals surface area contributed by atoms with Crippen LogP contribution in [-0.4, -0.2) is 51.7 Å². The van der Waals surface area contributed by atoms with Crippen LogP contribution < -0.4 is 0 Å². The van der Waals surface area contributed by atoms with Gasteiger partial charge >= 0.3 is 0 Å². The summed E-state index contributed by atoms with van der Waals surface area (Å²) in [6.45, 7) is 6.98. The van der Waals surface area contributed by atoms with E-state index in [1.165, 1.54) is 11.1 Å². The van der Waals surface area contributed by atoms with E-state index in [4.69, 9.17) is 11.6 Å². The number of fused-ring (bicyclic) bond motifs is 1. The quantitative estimate of drug-likeness (QED) is 0.659. The number of aromatic nitrogens is 2. The summed E-state index contributed by atoms with van der Waals surface area (Å²) < 4.78 is 1.94. The van der Waals surface area contributed by atoms with Gasteiger partial charge in [-0.15, -0.1) is 0 Å². The fourth-order valence-electron chi connectivity index (χ4n) is 3.79. The lowest BCUT2D eigenvalue weighted by Gasteiger charge is -2.34. The molecule has 0 spiro atoms. The summed E-state index contributed by atoms with van der Waals surface area (Å²) in [5, 5.41) is 6.39. The van der Waals surface area contributed by atoms with Gasteiger partial charge in [-0.05, 0) is 36.2 Å². The van der Waals surface area contributed by atoms with Crippen LogP contribution in [0.5, 0.6) is 0 Å². The third kappa shape index (κ3) is 4.21. The van der Waals surface area contributed by atoms with Gasteiger partial charge in [-0.25, -0.2) is 0 Å². The average molecular weight is 397 g/mol. The fraction of sp³-hybridized carbons (Fsp3) is 0.364. The van der Waals surface area contributed by atoms with E-state index in [9.17, 15) is 4.79 Å². The van der Waals surface area contributed by atoms with E-state index in [1.807, 2.05) is 34.0 Å². The largest absolute Gasteiger partial charge is 0.340 e. The third-order valence-electron chi connectivity index (χ3n) is 5.49. The standard InChI is InChI=1S/C22H25ClN4O/c1-17-3-2-4-21-20(17)15-24-27(21)10-9-22(28)26-13-11-25(12-14-26)16-18-5-7-19(23)8-6-18/h2-8,15H,9-14,16H2,1H3. The number of aryl methyl sites for hydroxylation is 2. The molecule has 2 aromatic carbocycles. The number of halogens is 1. The number of benzene rings is 2. The zero-order chi connectivity index (χ0) is 19.5. The number of carbonyl (C=O) groups excluding carboxylic acids is 1. The smallest absolute Gasteiger partial charge is 0.224 e. The van der Waals surface area contributed by atoms with E-state index in [0.29, 0.717) is 13.0 Å². The van der Waals surface area contributed by atoms with Crippen LogP contribution in [0.4, 0.5) is 0 Å². The molecule has 1 fully saturated rings. The Morgan fingerprint density at radius 2 is 1.82 bits per heavy atom. The van der Waals surface area contributed by atoms with Crippen LogP contribution in [0.25, 0.3) is 10.9 Å². The van der Waals surface area contributed by atoms with Gasteiger partial charge in [-0.2, -0.15) is 5.10 Å². The first-order chi connectivity index (χ1) is 13.6. The van der Waals surface area contributed by atoms with E-state index in [2.05, 4.69) is 41.2 Å². The van der Waals surface area contributed by atoms with Gasteiger partial charge in [0.15, 0.2) is 0 Å². The van der Waals surface area contributed by atoms with Crippen LogP contribution >= 0.6 is 11.6 Å². The second-order valence-corrected chi connectivity index (χ2v) is 7.85. The third-order valence-corrected chi connectivity index (χ3v) is 5.74. The molecule has 0 bridgehead atoms. The summed E-state index contributed by atoms with van der Waals surface area (Å²) in [4.78, 5) is 17.0. The highest BCUT2D eigenvalue weighted by Crippen LogP contribution is 2.18. The van der Waals surface area contributed by atoms with Crippen molar-refractivity contribution in [2.75, 3.05) is 26.2 Å². The molecule has 1 saturated heterocycles. The lowest BCUT2D eigenvalue weighted by atomic mass is 10.1. The minimum atomic E-state index is 0.211. The van der Waals surface area contributed by atoms with Crippen LogP contribution in [0.15, 0.2) is 48.7 Å². The highest BCUT2D eigenvalue weighted by atomic mass is 35.5. The molecule has 1 amide bonds. The number of hydrogen-bond acceptors (Lipinski definition) is 3. The maximum absolute atomic E-state index is 12.7. The van der Waals surface area contributed by atoms with Crippen molar-refractivity contribution in [1.29, 1.82) is 0 Å². The molecule has 1 aromatic heterocycles. The first-order valence-corrected chi connectivity index (χ1v) is 10.1. The Balaban J connectivity index is 1.28. The molecule has 0 N–H and O–H groups in total. The van der Waals surface area contributed by atoms with E-state index in [0.717, 1.165) is 48.6 Å². The molecule has 0 radical (unpaired) electrons. The van der Waals surface area contributed by atoms with Crippen LogP contribution in [0.3, 0.4) is 0 Å². The van der Waals surface area contributed by atoms with E-state index in [1.54, 1.807) is 0 Å². The van der Waals surface area contributed by atoms with E-state index >= 15 is 0 Å². The molecule has 0 atom stereocenters. The molecule has 0 aliphatic carbocycles. The Morgan fingerprint density at radius 3 is 2.57 bits per heavy atom. The van der Waals surface area contributed by atoms with Crippen LogP contribution in [-0.2, 0) is 17.9 Å². The zero-order valence-electron chi connectivity index (χ0n) is 16.1. The summed E-state index contributed by atoms with van der Waals surface area (Å²) in [5.74, 6) is 0.211. The Bertz CT molecular complexity index is 958. The van der Waals surface area contributed by atoms with Crippen molar-refractivity contribution in [3.05, 3.63) is 64.8 Å². The van der Waals surface area contributed by atoms with Crippen molar-refractivity contribution in [3.63, 3.8) is 0 Å². The predicted molar refractivity (Wildman–Crippen MR) is 112 cm³/mol. The zero-order valence-corrected chi connectivity index (χ0v) is 16.9. The van der Waals surface area contributed by atoms with Gasteiger partial charge in [0.1, 0.15) is 0 Å². The van der Waals surface area contributed by atoms with Gasteiger partial charge in [0.25, 0.3) is 0 Å². The van der Waals surface area contributed by atoms with Gasteiger partial charge < -0.3 is 4.90 Å². The number of nitrogens with zero attached hydrogens (tertiary/aromatic N) is 4. The molecule has 1 aliphatic rings. The maximum Gasteiger partial charge on any atom is 0.224 e. The topological polar surface area (TPSA) is 41.4 Å². The summed E-state index contributed by atoms with van der Waals surface area (Å²) in [6, 6.07) is 14.2. The number of amides is 1. The summed E-state index contributed by atoms with van der Waals surface area (Å²) >= 11 is 5.95. The highest BCUT2D eigenvalue weighted by molar-refractivity contribution is 6.30. The number of hydrogen-bond donors (Lipinski definition) is 0. The van der Waals surface area contributed by atoms with Gasteiger partial charge in [-0.3, -0.25) is 14.4 Å². The van der Waals surface area contributed by atoms with Gasteiger partial charge in [0, 0.05) is 49.6 Å². The van der Waals surface area contributed by atoms with Crippen molar-refractivity contribution >= 4 is 28.4 Å². The summed E-state index contributed by atoms with van der Waals surface area (Å²) in [6.07, 6.45) is 2.38. The minimum Gasteiger partial charge on any atom is -0.340 e. The molecular weight excluding hydrogens is 372 g/mol. The van der Waals surface area contributed by atoms with Gasteiger partial charge in [-0.1, -0.05) is 35.9 Å². The lowest BCUT2D eigenvalue weighted by Crippen LogP contribution is -2.48. The maximum atomic E-state index is 12.7. The Hall–Kier alpha value is -2.37. The Morgan fingerprint density at radius 1 is 1.07 bits per heavy atom. The molecule has 0 unspecified atom stereocenters. The normalized spacial score (nSPS) is 15.3. The molecule has 0 saturated carbocycles. The molecule has 4 rings (SSSR count). The molecule has 3 aromatic rings. The average Bonchev–Trinajstić information content (AvgIpc) is 3.13. The molecule has 28 heavy (non-hydrogen) atoms. The van der Waals surface area contributed by atoms with Crippen LogP contribution in [0.2, 0.25) is 5.02 Å². The fourth-order valence-corrected chi connectivity index (χ4v) is 3.92. The second kappa shape index (κ2) is 8.33. The van der Waals surface area contributed by atoms with Crippen LogP contribution in [0.1, 0.15) is 17.5 Å². The Kier molecular flexibility index (Phi) is 5.64. The first kappa shape index (κ1) is 19.0. The highest BCUT2D eigenvalue weighted by Gasteiger charge is 2.21. The summed E-state index contributed by atoms with van der Waals surface area (Å²) in [7, 11) is 0. The van der Waals surface area contributed by atoms with Crippen molar-refractivity contribution in [2.45, 2.75) is 26.4 Å². The lowest BCUT2D eigenvalue weighted by molar-refractivity contribution is -0.133. The van der Waals surface area contributed by atoms with Crippen molar-refractivity contribution in [3.8, 4) is 0 Å². The number of carbonyl (C=O) groups is 1. The van der Waals surface area contributed by atoms with Crippen LogP contribution in [0, 0.1) is 6.92 Å². The monoisotopic (exact) mass is 396 g/mol. The van der Waals surface area contributed by atoms with Crippen molar-refractivity contribution in [1.82, 2.24) is 19.6 Å². The SMILES string of the molecule is Cc1cccc2c1cnn2CCC(=O)N1CCN(Cc2ccc(Cl)cc2)CC1. The molecule has 6 heteroatoms. The summed E-state index contributed by atoms with van der Waals surface area (Å²) in [5.41, 5.74) is 3.57.